The molecule has 2 aromatic rings. The van der Waals surface area contributed by atoms with Gasteiger partial charge < -0.3 is 15.5 Å². The van der Waals surface area contributed by atoms with Crippen LogP contribution in [-0.2, 0) is 11.0 Å². The van der Waals surface area contributed by atoms with Gasteiger partial charge >= 0.3 is 6.18 Å². The van der Waals surface area contributed by atoms with Crippen LogP contribution in [0, 0.1) is 0 Å². The number of halogens is 3. The van der Waals surface area contributed by atoms with Gasteiger partial charge in [0.25, 0.3) is 5.91 Å². The summed E-state index contributed by atoms with van der Waals surface area (Å²) >= 11 is 0. The molecule has 0 fully saturated rings. The van der Waals surface area contributed by atoms with E-state index >= 15 is 0 Å². The van der Waals surface area contributed by atoms with Crippen LogP contribution in [0.2, 0.25) is 0 Å². The quantitative estimate of drug-likeness (QED) is 0.853. The van der Waals surface area contributed by atoms with Crippen LogP contribution in [-0.4, -0.2) is 37.4 Å². The number of benzene rings is 2. The van der Waals surface area contributed by atoms with Crippen LogP contribution in [0.4, 0.5) is 24.5 Å². The second-order valence-corrected chi connectivity index (χ2v) is 5.76. The third-order valence-electron chi connectivity index (χ3n) is 3.44. The highest BCUT2D eigenvalue weighted by atomic mass is 19.4. The van der Waals surface area contributed by atoms with Gasteiger partial charge in [0.05, 0.1) is 12.1 Å². The van der Waals surface area contributed by atoms with E-state index in [9.17, 15) is 22.8 Å². The lowest BCUT2D eigenvalue weighted by atomic mass is 10.2. The Bertz CT molecular complexity index is 804. The van der Waals surface area contributed by atoms with Crippen LogP contribution >= 0.6 is 0 Å². The van der Waals surface area contributed by atoms with Crippen LogP contribution in [0.3, 0.4) is 0 Å². The highest BCUT2D eigenvalue weighted by Crippen LogP contribution is 2.30. The molecule has 2 N–H and O–H groups in total. The Labute approximate surface area is 148 Å². The molecule has 0 aliphatic heterocycles. The molecule has 0 spiro atoms. The molecule has 0 unspecified atom stereocenters. The zero-order valence-corrected chi connectivity index (χ0v) is 14.2. The molecule has 0 aromatic heterocycles. The summed E-state index contributed by atoms with van der Waals surface area (Å²) in [6.07, 6.45) is -4.47. The van der Waals surface area contributed by atoms with E-state index < -0.39 is 17.6 Å². The average molecular weight is 365 g/mol. The molecule has 5 nitrogen and oxygen atoms in total. The summed E-state index contributed by atoms with van der Waals surface area (Å²) < 4.78 is 38.0. The summed E-state index contributed by atoms with van der Waals surface area (Å²) in [6.45, 7) is -0.157. The lowest BCUT2D eigenvalue weighted by Crippen LogP contribution is -2.23. The Morgan fingerprint density at radius 2 is 1.65 bits per heavy atom. The van der Waals surface area contributed by atoms with Crippen molar-refractivity contribution in [2.45, 2.75) is 6.18 Å². The summed E-state index contributed by atoms with van der Waals surface area (Å²) in [7, 11) is 3.26. The lowest BCUT2D eigenvalue weighted by Gasteiger charge is -2.13. The maximum absolute atomic E-state index is 12.7. The van der Waals surface area contributed by atoms with Crippen LogP contribution in [0.15, 0.2) is 48.5 Å². The monoisotopic (exact) mass is 365 g/mol. The number of carbonyl (C=O) groups excluding carboxylic acids is 2. The second kappa shape index (κ2) is 7.90. The number of anilines is 2. The molecule has 0 radical (unpaired) electrons. The van der Waals surface area contributed by atoms with Gasteiger partial charge in [-0.15, -0.1) is 0 Å². The van der Waals surface area contributed by atoms with Crippen molar-refractivity contribution in [3.63, 3.8) is 0 Å². The molecular weight excluding hydrogens is 347 g/mol. The minimum atomic E-state index is -4.47. The molecule has 0 aliphatic rings. The topological polar surface area (TPSA) is 61.4 Å². The van der Waals surface area contributed by atoms with Gasteiger partial charge in [0.15, 0.2) is 0 Å². The number of nitrogens with zero attached hydrogens (tertiary/aromatic N) is 1. The Hall–Kier alpha value is -3.03. The highest BCUT2D eigenvalue weighted by Gasteiger charge is 2.30. The molecule has 8 heteroatoms. The number of carbonyl (C=O) groups is 2. The van der Waals surface area contributed by atoms with E-state index in [2.05, 4.69) is 10.6 Å². The van der Waals surface area contributed by atoms with Crippen molar-refractivity contribution < 1.29 is 22.8 Å². The van der Waals surface area contributed by atoms with E-state index in [1.165, 1.54) is 17.0 Å². The van der Waals surface area contributed by atoms with Gasteiger partial charge in [-0.25, -0.2) is 0 Å². The molecule has 26 heavy (non-hydrogen) atoms. The molecule has 2 amide bonds. The number of nitrogens with one attached hydrogen (secondary N) is 2. The number of rotatable bonds is 5. The first-order valence-electron chi connectivity index (χ1n) is 7.69. The van der Waals surface area contributed by atoms with Crippen LogP contribution < -0.4 is 10.6 Å². The van der Waals surface area contributed by atoms with Crippen molar-refractivity contribution in [1.29, 1.82) is 0 Å². The Morgan fingerprint density at radius 1 is 1.00 bits per heavy atom. The summed E-state index contributed by atoms with van der Waals surface area (Å²) in [5.74, 6) is -0.685. The third-order valence-corrected chi connectivity index (χ3v) is 3.44. The zero-order valence-electron chi connectivity index (χ0n) is 14.2. The average Bonchev–Trinajstić information content (AvgIpc) is 2.59. The number of alkyl halides is 3. The van der Waals surface area contributed by atoms with Crippen molar-refractivity contribution in [3.05, 3.63) is 59.7 Å². The van der Waals surface area contributed by atoms with Gasteiger partial charge in [-0.3, -0.25) is 9.59 Å². The Morgan fingerprint density at radius 3 is 2.31 bits per heavy atom. The van der Waals surface area contributed by atoms with Crippen LogP contribution in [0.1, 0.15) is 15.9 Å². The molecule has 2 rings (SSSR count). The van der Waals surface area contributed by atoms with Crippen molar-refractivity contribution in [1.82, 2.24) is 4.90 Å². The highest BCUT2D eigenvalue weighted by molar-refractivity contribution is 5.96. The third kappa shape index (κ3) is 5.23. The second-order valence-electron chi connectivity index (χ2n) is 5.76. The molecular formula is C18H18F3N3O2. The maximum Gasteiger partial charge on any atom is 0.416 e. The first-order chi connectivity index (χ1) is 12.2. The fraction of sp³-hybridized carbons (Fsp3) is 0.222. The van der Waals surface area contributed by atoms with E-state index in [1.807, 2.05) is 0 Å². The summed E-state index contributed by atoms with van der Waals surface area (Å²) in [5.41, 5.74) is 0.233. The molecule has 2 aromatic carbocycles. The molecule has 0 heterocycles. The largest absolute Gasteiger partial charge is 0.416 e. The van der Waals surface area contributed by atoms with Gasteiger partial charge in [0.2, 0.25) is 5.91 Å². The Balaban J connectivity index is 1.97. The number of hydrogen-bond donors (Lipinski definition) is 2. The van der Waals surface area contributed by atoms with E-state index in [0.717, 1.165) is 12.1 Å². The maximum atomic E-state index is 12.7. The van der Waals surface area contributed by atoms with Crippen LogP contribution in [0.25, 0.3) is 0 Å². The zero-order chi connectivity index (χ0) is 19.3. The van der Waals surface area contributed by atoms with Gasteiger partial charge in [-0.05, 0) is 36.4 Å². The molecule has 0 saturated heterocycles. The fourth-order valence-electron chi connectivity index (χ4n) is 2.18. The molecule has 0 saturated carbocycles. The predicted molar refractivity (Wildman–Crippen MR) is 93.0 cm³/mol. The van der Waals surface area contributed by atoms with E-state index in [1.54, 1.807) is 38.4 Å². The lowest BCUT2D eigenvalue weighted by molar-refractivity contribution is -0.137. The fourth-order valence-corrected chi connectivity index (χ4v) is 2.18. The van der Waals surface area contributed by atoms with Gasteiger partial charge in [-0.2, -0.15) is 13.2 Å². The summed E-state index contributed by atoms with van der Waals surface area (Å²) in [6, 6.07) is 11.0. The van der Waals surface area contributed by atoms with E-state index in [-0.39, 0.29) is 18.1 Å². The Kier molecular flexibility index (Phi) is 5.86. The van der Waals surface area contributed by atoms with Crippen molar-refractivity contribution >= 4 is 23.2 Å². The first kappa shape index (κ1) is 19.3. The van der Waals surface area contributed by atoms with Crippen molar-refractivity contribution in [3.8, 4) is 0 Å². The number of amides is 2. The van der Waals surface area contributed by atoms with Crippen molar-refractivity contribution in [2.75, 3.05) is 31.3 Å². The molecule has 138 valence electrons. The van der Waals surface area contributed by atoms with Gasteiger partial charge in [-0.1, -0.05) is 12.1 Å². The normalized spacial score (nSPS) is 11.0. The van der Waals surface area contributed by atoms with Crippen LogP contribution in [0.5, 0.6) is 0 Å². The van der Waals surface area contributed by atoms with E-state index in [0.29, 0.717) is 11.3 Å². The smallest absolute Gasteiger partial charge is 0.376 e. The van der Waals surface area contributed by atoms with Gasteiger partial charge in [0, 0.05) is 31.0 Å². The minimum Gasteiger partial charge on any atom is -0.376 e. The molecule has 0 atom stereocenters. The predicted octanol–water partition coefficient (Wildman–Crippen LogP) is 3.46. The van der Waals surface area contributed by atoms with Gasteiger partial charge in [0.1, 0.15) is 0 Å². The standard InChI is InChI=1S/C18H18F3N3O2/c1-24(2)17(26)12-5-3-7-14(9-12)22-11-16(25)23-15-8-4-6-13(10-15)18(19,20)21/h3-10,22H,11H2,1-2H3,(H,23,25). The summed E-state index contributed by atoms with van der Waals surface area (Å²) in [5, 5.41) is 5.24. The molecule has 0 aliphatic carbocycles. The van der Waals surface area contributed by atoms with E-state index in [4.69, 9.17) is 0 Å². The minimum absolute atomic E-state index is 0.0585. The molecule has 0 bridgehead atoms. The number of hydrogen-bond acceptors (Lipinski definition) is 3. The summed E-state index contributed by atoms with van der Waals surface area (Å²) in [4.78, 5) is 25.3. The van der Waals surface area contributed by atoms with Crippen molar-refractivity contribution in [2.24, 2.45) is 0 Å². The SMILES string of the molecule is CN(C)C(=O)c1cccc(NCC(=O)Nc2cccc(C(F)(F)F)c2)c1. The first-order valence-corrected chi connectivity index (χ1v) is 7.69.